The summed E-state index contributed by atoms with van der Waals surface area (Å²) in [4.78, 5) is 22.3. The maximum absolute atomic E-state index is 11.9. The van der Waals surface area contributed by atoms with Gasteiger partial charge in [0, 0.05) is 19.2 Å². The normalized spacial score (nSPS) is 9.48. The number of benzene rings is 1. The van der Waals surface area contributed by atoms with Gasteiger partial charge in [-0.2, -0.15) is 0 Å². The summed E-state index contributed by atoms with van der Waals surface area (Å²) in [5.74, 6) is -0.0989. The second-order valence-electron chi connectivity index (χ2n) is 3.75. The third-order valence-corrected chi connectivity index (χ3v) is 2.45. The molecule has 1 aromatic carbocycles. The number of hydrogen-bond donors (Lipinski definition) is 2. The first-order valence-corrected chi connectivity index (χ1v) is 6.02. The summed E-state index contributed by atoms with van der Waals surface area (Å²) >= 11 is 0. The van der Waals surface area contributed by atoms with Crippen LogP contribution in [0.5, 0.6) is 11.5 Å². The highest BCUT2D eigenvalue weighted by atomic mass is 35.5. The highest BCUT2D eigenvalue weighted by Gasteiger charge is 2.24. The van der Waals surface area contributed by atoms with Crippen LogP contribution in [0.4, 0.5) is 5.69 Å². The zero-order valence-electron chi connectivity index (χ0n) is 11.8. The van der Waals surface area contributed by atoms with Crippen LogP contribution in [0.2, 0.25) is 0 Å². The molecule has 0 saturated carbocycles. The van der Waals surface area contributed by atoms with Crippen molar-refractivity contribution in [2.45, 2.75) is 6.92 Å². The van der Waals surface area contributed by atoms with Crippen LogP contribution in [0.1, 0.15) is 17.3 Å². The highest BCUT2D eigenvalue weighted by Crippen LogP contribution is 2.34. The smallest absolute Gasteiger partial charge is 0.286 e. The second-order valence-corrected chi connectivity index (χ2v) is 3.75. The van der Waals surface area contributed by atoms with E-state index < -0.39 is 10.8 Å². The molecule has 0 aliphatic carbocycles. The van der Waals surface area contributed by atoms with Crippen molar-refractivity contribution >= 4 is 24.0 Å². The molecule has 9 heteroatoms. The van der Waals surface area contributed by atoms with Crippen LogP contribution in [-0.4, -0.2) is 37.6 Å². The minimum atomic E-state index is -0.643. The van der Waals surface area contributed by atoms with E-state index in [1.807, 2.05) is 0 Å². The lowest BCUT2D eigenvalue weighted by molar-refractivity contribution is -0.385. The van der Waals surface area contributed by atoms with E-state index >= 15 is 0 Å². The van der Waals surface area contributed by atoms with Gasteiger partial charge in [-0.15, -0.1) is 12.4 Å². The topological polar surface area (TPSA) is 117 Å². The Labute approximate surface area is 128 Å². The Balaban J connectivity index is 0.00000400. The fourth-order valence-electron chi connectivity index (χ4n) is 1.59. The van der Waals surface area contributed by atoms with E-state index in [9.17, 15) is 14.9 Å². The maximum atomic E-state index is 11.9. The molecule has 0 bridgehead atoms. The van der Waals surface area contributed by atoms with Gasteiger partial charge in [0.2, 0.25) is 0 Å². The number of amides is 1. The highest BCUT2D eigenvalue weighted by molar-refractivity contribution is 5.99. The quantitative estimate of drug-likeness (QED) is 0.574. The Hall–Kier alpha value is -2.06. The molecule has 0 heterocycles. The van der Waals surface area contributed by atoms with E-state index in [2.05, 4.69) is 5.32 Å². The number of nitro benzene ring substituents is 1. The average Bonchev–Trinajstić information content (AvgIpc) is 2.44. The molecule has 0 aromatic heterocycles. The third kappa shape index (κ3) is 4.76. The Kier molecular flexibility index (Phi) is 8.10. The molecule has 3 N–H and O–H groups in total. The Morgan fingerprint density at radius 2 is 2.10 bits per heavy atom. The predicted molar refractivity (Wildman–Crippen MR) is 79.5 cm³/mol. The summed E-state index contributed by atoms with van der Waals surface area (Å²) in [5, 5.41) is 13.5. The molecule has 0 atom stereocenters. The molecule has 21 heavy (non-hydrogen) atoms. The summed E-state index contributed by atoms with van der Waals surface area (Å²) in [5.41, 5.74) is 4.85. The maximum Gasteiger partial charge on any atom is 0.286 e. The van der Waals surface area contributed by atoms with Gasteiger partial charge in [-0.3, -0.25) is 14.9 Å². The zero-order chi connectivity index (χ0) is 15.1. The predicted octanol–water partition coefficient (Wildman–Crippen LogP) is 1.11. The van der Waals surface area contributed by atoms with Gasteiger partial charge in [0.05, 0.1) is 24.7 Å². The fraction of sp³-hybridized carbons (Fsp3) is 0.417. The van der Waals surface area contributed by atoms with Crippen LogP contribution in [0.3, 0.4) is 0 Å². The number of methoxy groups -OCH3 is 1. The van der Waals surface area contributed by atoms with Gasteiger partial charge in [-0.1, -0.05) is 0 Å². The van der Waals surface area contributed by atoms with Crippen LogP contribution in [0.15, 0.2) is 12.1 Å². The number of ether oxygens (including phenoxy) is 2. The van der Waals surface area contributed by atoms with Gasteiger partial charge in [-0.25, -0.2) is 0 Å². The van der Waals surface area contributed by atoms with E-state index in [1.54, 1.807) is 6.92 Å². The number of carbonyl (C=O) groups excluding carboxylic acids is 1. The van der Waals surface area contributed by atoms with E-state index in [4.69, 9.17) is 15.2 Å². The SMILES string of the molecule is CCOc1cc(C(=O)NCCN)c([N+](=O)[O-])cc1OC.Cl. The Morgan fingerprint density at radius 3 is 2.57 bits per heavy atom. The van der Waals surface area contributed by atoms with Crippen molar-refractivity contribution in [2.75, 3.05) is 26.8 Å². The molecule has 0 unspecified atom stereocenters. The first-order valence-electron chi connectivity index (χ1n) is 6.02. The van der Waals surface area contributed by atoms with Gasteiger partial charge in [0.15, 0.2) is 11.5 Å². The van der Waals surface area contributed by atoms with E-state index in [0.29, 0.717) is 6.61 Å². The molecule has 8 nitrogen and oxygen atoms in total. The lowest BCUT2D eigenvalue weighted by Crippen LogP contribution is -2.29. The van der Waals surface area contributed by atoms with Crippen LogP contribution >= 0.6 is 12.4 Å². The number of hydrogen-bond acceptors (Lipinski definition) is 6. The molecular weight excluding hydrogens is 302 g/mol. The third-order valence-electron chi connectivity index (χ3n) is 2.45. The number of nitro groups is 1. The van der Waals surface area contributed by atoms with Crippen molar-refractivity contribution in [1.82, 2.24) is 5.32 Å². The van der Waals surface area contributed by atoms with Gasteiger partial charge in [0.1, 0.15) is 5.56 Å². The zero-order valence-corrected chi connectivity index (χ0v) is 12.6. The van der Waals surface area contributed by atoms with Gasteiger partial charge < -0.3 is 20.5 Å². The van der Waals surface area contributed by atoms with Crippen molar-refractivity contribution in [3.05, 3.63) is 27.8 Å². The molecule has 0 radical (unpaired) electrons. The molecular formula is C12H18ClN3O5. The van der Waals surface area contributed by atoms with Crippen molar-refractivity contribution in [2.24, 2.45) is 5.73 Å². The minimum absolute atomic E-state index is 0. The lowest BCUT2D eigenvalue weighted by atomic mass is 10.1. The van der Waals surface area contributed by atoms with Crippen LogP contribution in [0.25, 0.3) is 0 Å². The molecule has 118 valence electrons. The standard InChI is InChI=1S/C12H17N3O5.ClH/c1-3-20-11-6-8(12(16)14-5-4-13)9(15(17)18)7-10(11)19-2;/h6-7H,3-5,13H2,1-2H3,(H,14,16);1H. The molecule has 1 amide bonds. The molecule has 0 aliphatic rings. The Bertz CT molecular complexity index is 510. The average molecular weight is 320 g/mol. The summed E-state index contributed by atoms with van der Waals surface area (Å²) in [7, 11) is 1.37. The monoisotopic (exact) mass is 319 g/mol. The van der Waals surface area contributed by atoms with Gasteiger partial charge in [0.25, 0.3) is 11.6 Å². The molecule has 1 rings (SSSR count). The largest absolute Gasteiger partial charge is 0.493 e. The first-order chi connectivity index (χ1) is 9.54. The molecule has 0 spiro atoms. The summed E-state index contributed by atoms with van der Waals surface area (Å²) in [6.07, 6.45) is 0. The van der Waals surface area contributed by atoms with Crippen LogP contribution in [-0.2, 0) is 0 Å². The van der Waals surface area contributed by atoms with E-state index in [1.165, 1.54) is 19.2 Å². The second kappa shape index (κ2) is 8.98. The van der Waals surface area contributed by atoms with E-state index in [-0.39, 0.29) is 48.2 Å². The van der Waals surface area contributed by atoms with Crippen molar-refractivity contribution in [3.63, 3.8) is 0 Å². The molecule has 1 aromatic rings. The summed E-state index contributed by atoms with van der Waals surface area (Å²) < 4.78 is 10.3. The molecule has 0 aliphatic heterocycles. The van der Waals surface area contributed by atoms with Crippen LogP contribution < -0.4 is 20.5 Å². The van der Waals surface area contributed by atoms with Crippen molar-refractivity contribution < 1.29 is 19.2 Å². The van der Waals surface area contributed by atoms with Crippen molar-refractivity contribution in [1.29, 1.82) is 0 Å². The number of nitrogens with two attached hydrogens (primary N) is 1. The van der Waals surface area contributed by atoms with Gasteiger partial charge >= 0.3 is 0 Å². The van der Waals surface area contributed by atoms with Crippen molar-refractivity contribution in [3.8, 4) is 11.5 Å². The minimum Gasteiger partial charge on any atom is -0.493 e. The lowest BCUT2D eigenvalue weighted by Gasteiger charge is -2.11. The number of nitrogens with one attached hydrogen (secondary N) is 1. The van der Waals surface area contributed by atoms with E-state index in [0.717, 1.165) is 0 Å². The van der Waals surface area contributed by atoms with Crippen LogP contribution in [0, 0.1) is 10.1 Å². The molecule has 0 saturated heterocycles. The fourth-order valence-corrected chi connectivity index (χ4v) is 1.59. The Morgan fingerprint density at radius 1 is 1.43 bits per heavy atom. The summed E-state index contributed by atoms with van der Waals surface area (Å²) in [6, 6.07) is 2.47. The number of carbonyl (C=O) groups is 1. The summed E-state index contributed by atoms with van der Waals surface area (Å²) in [6.45, 7) is 2.58. The number of rotatable bonds is 7. The number of nitrogens with zero attached hydrogens (tertiary/aromatic N) is 1. The first kappa shape index (κ1) is 18.9. The molecule has 0 fully saturated rings. The van der Waals surface area contributed by atoms with Gasteiger partial charge in [-0.05, 0) is 6.92 Å². The number of halogens is 1.